The zero-order chi connectivity index (χ0) is 43.9. The van der Waals surface area contributed by atoms with Gasteiger partial charge in [-0.3, -0.25) is 29.2 Å². The summed E-state index contributed by atoms with van der Waals surface area (Å²) in [5.74, 6) is -4.22. The van der Waals surface area contributed by atoms with Gasteiger partial charge in [0.05, 0.1) is 40.5 Å². The molecule has 5 N–H and O–H groups in total. The lowest BCUT2D eigenvalue weighted by Crippen LogP contribution is -2.50. The van der Waals surface area contributed by atoms with Crippen LogP contribution < -0.4 is 31.2 Å². The molecule has 16 heteroatoms. The van der Waals surface area contributed by atoms with E-state index in [1.54, 1.807) is 4.68 Å². The van der Waals surface area contributed by atoms with E-state index in [1.807, 2.05) is 67.4 Å². The minimum absolute atomic E-state index is 0.0212. The number of anilines is 1. The van der Waals surface area contributed by atoms with Crippen molar-refractivity contribution in [1.29, 1.82) is 0 Å². The van der Waals surface area contributed by atoms with E-state index in [0.29, 0.717) is 63.0 Å². The number of ether oxygens (including phenoxy) is 2. The Morgan fingerprint density at radius 1 is 1.05 bits per heavy atom. The molecule has 4 amide bonds. The summed E-state index contributed by atoms with van der Waals surface area (Å²) >= 11 is 6.66. The molecule has 0 radical (unpaired) electrons. The number of carbonyl (C=O) groups excluding carboxylic acids is 4. The smallest absolute Gasteiger partial charge is 0.249 e. The molecule has 0 saturated carbocycles. The van der Waals surface area contributed by atoms with Crippen LogP contribution in [0.25, 0.3) is 22.0 Å². The lowest BCUT2D eigenvalue weighted by atomic mass is 9.77. The van der Waals surface area contributed by atoms with Crippen molar-refractivity contribution < 1.29 is 37.4 Å². The lowest BCUT2D eigenvalue weighted by molar-refractivity contribution is -0.134. The van der Waals surface area contributed by atoms with Crippen molar-refractivity contribution in [3.05, 3.63) is 106 Å². The molecular weight excluding hydrogens is 820 g/mol. The first-order chi connectivity index (χ1) is 29.8. The summed E-state index contributed by atoms with van der Waals surface area (Å²) in [7, 11) is 3.12. The van der Waals surface area contributed by atoms with Gasteiger partial charge in [-0.1, -0.05) is 61.0 Å². The number of carbonyl (C=O) groups is 4. The third-order valence-corrected chi connectivity index (χ3v) is 13.0. The number of nitrogens with two attached hydrogens (primary N) is 1. The number of nitrogens with zero attached hydrogens (tertiary/aromatic N) is 3. The number of imide groups is 1. The number of benzene rings is 4. The Morgan fingerprint density at radius 3 is 2.52 bits per heavy atom. The van der Waals surface area contributed by atoms with Gasteiger partial charge in [-0.2, -0.15) is 5.10 Å². The topological polar surface area (TPSA) is 170 Å². The molecular formula is C46H48ClF2N7O6. The molecule has 3 atom stereocenters. The van der Waals surface area contributed by atoms with Crippen LogP contribution in [0.1, 0.15) is 84.5 Å². The molecule has 0 spiro atoms. The van der Waals surface area contributed by atoms with E-state index in [4.69, 9.17) is 26.8 Å². The highest BCUT2D eigenvalue weighted by atomic mass is 35.5. The molecule has 4 heterocycles. The molecule has 2 saturated heterocycles. The molecule has 3 aliphatic rings. The first-order valence-corrected chi connectivity index (χ1v) is 21.2. The molecule has 1 aromatic heterocycles. The fraction of sp³-hybridized carbons (Fsp3) is 0.370. The van der Waals surface area contributed by atoms with Crippen molar-refractivity contribution in [2.75, 3.05) is 38.6 Å². The average molecular weight is 868 g/mol. The van der Waals surface area contributed by atoms with E-state index in [0.717, 1.165) is 22.2 Å². The van der Waals surface area contributed by atoms with E-state index < -0.39 is 35.0 Å². The summed E-state index contributed by atoms with van der Waals surface area (Å²) in [6.45, 7) is 3.87. The highest BCUT2D eigenvalue weighted by Gasteiger charge is 2.50. The number of likely N-dealkylation sites (tertiary alicyclic amines) is 1. The fourth-order valence-corrected chi connectivity index (χ4v) is 9.60. The van der Waals surface area contributed by atoms with Gasteiger partial charge in [0, 0.05) is 86.2 Å². The van der Waals surface area contributed by atoms with Gasteiger partial charge in [0.15, 0.2) is 17.2 Å². The average Bonchev–Trinajstić information content (AvgIpc) is 3.75. The number of aromatic nitrogens is 2. The standard InChI is InChI=1S/C46H48ClF2N7O6/c1-25-37-34(23-31(48)40(47)39(37)38-28(44(50)59)14-16-33(61-3)41(38)49)62-46(25,26-9-5-4-6-10-26)24-52-27-18-21-56(22-19-27)36(58)13-8-20-51-32-12-7-11-29-42(54-55(2)43(29)32)30-15-17-35(57)53-45(30)60/h4-7,9-12,14,16,23,25,27,30,51-52H,8,13,15,17-22,24H2,1-3H3,(H2,50,59)(H,53,57,60). The third kappa shape index (κ3) is 7.72. The van der Waals surface area contributed by atoms with E-state index in [-0.39, 0.29) is 69.9 Å². The van der Waals surface area contributed by atoms with Crippen LogP contribution in [0, 0.1) is 11.6 Å². The van der Waals surface area contributed by atoms with Crippen LogP contribution in [0.5, 0.6) is 11.5 Å². The van der Waals surface area contributed by atoms with E-state index in [9.17, 15) is 19.2 Å². The second-order valence-electron chi connectivity index (χ2n) is 16.2. The van der Waals surface area contributed by atoms with Crippen LogP contribution in [0.15, 0.2) is 66.7 Å². The highest BCUT2D eigenvalue weighted by molar-refractivity contribution is 6.34. The Balaban J connectivity index is 0.920. The first-order valence-electron chi connectivity index (χ1n) is 20.8. The van der Waals surface area contributed by atoms with Gasteiger partial charge in [-0.15, -0.1) is 0 Å². The number of aryl methyl sites for hydroxylation is 1. The van der Waals surface area contributed by atoms with E-state index in [2.05, 4.69) is 21.0 Å². The number of hydrogen-bond donors (Lipinski definition) is 4. The van der Waals surface area contributed by atoms with Crippen LogP contribution in [0.4, 0.5) is 14.5 Å². The molecule has 3 unspecified atom stereocenters. The molecule has 0 aliphatic carbocycles. The summed E-state index contributed by atoms with van der Waals surface area (Å²) in [5, 5.41) is 14.7. The number of hydrogen-bond acceptors (Lipinski definition) is 9. The SMILES string of the molecule is COc1ccc(C(N)=O)c(-c2c(Cl)c(F)cc3c2C(C)C(CNC2CCN(C(=O)CCCNc4cccc5c(C6CCC(=O)NC6=O)nn(C)c45)CC2)(c2ccccc2)O3)c1F. The normalized spacial score (nSPS) is 20.2. The summed E-state index contributed by atoms with van der Waals surface area (Å²) in [6.07, 6.45) is 3.03. The van der Waals surface area contributed by atoms with Crippen LogP contribution in [0.3, 0.4) is 0 Å². The van der Waals surface area contributed by atoms with Gasteiger partial charge in [-0.05, 0) is 49.4 Å². The second-order valence-corrected chi connectivity index (χ2v) is 16.6. The van der Waals surface area contributed by atoms with Crippen LogP contribution in [-0.4, -0.2) is 77.6 Å². The maximum absolute atomic E-state index is 16.2. The number of methoxy groups -OCH3 is 1. The third-order valence-electron chi connectivity index (χ3n) is 12.6. The zero-order valence-corrected chi connectivity index (χ0v) is 35.4. The van der Waals surface area contributed by atoms with Gasteiger partial charge in [0.2, 0.25) is 23.6 Å². The number of piperidine rings is 2. The number of rotatable bonds is 13. The largest absolute Gasteiger partial charge is 0.494 e. The molecule has 13 nitrogen and oxygen atoms in total. The molecule has 62 heavy (non-hydrogen) atoms. The molecule has 4 aromatic carbocycles. The molecule has 2 fully saturated rings. The first kappa shape index (κ1) is 42.6. The van der Waals surface area contributed by atoms with Gasteiger partial charge in [0.1, 0.15) is 11.6 Å². The quantitative estimate of drug-likeness (QED) is 0.0747. The maximum atomic E-state index is 16.2. The number of fused-ring (bicyclic) bond motifs is 2. The molecule has 324 valence electrons. The van der Waals surface area contributed by atoms with Crippen LogP contribution in [0.2, 0.25) is 5.02 Å². The van der Waals surface area contributed by atoms with Crippen molar-refractivity contribution in [3.8, 4) is 22.6 Å². The Bertz CT molecular complexity index is 2580. The lowest BCUT2D eigenvalue weighted by Gasteiger charge is -2.38. The molecule has 8 rings (SSSR count). The summed E-state index contributed by atoms with van der Waals surface area (Å²) in [5.41, 5.74) is 7.73. The van der Waals surface area contributed by atoms with Crippen molar-refractivity contribution in [1.82, 2.24) is 25.3 Å². The van der Waals surface area contributed by atoms with Crippen molar-refractivity contribution in [2.24, 2.45) is 12.8 Å². The molecule has 0 bridgehead atoms. The van der Waals surface area contributed by atoms with E-state index in [1.165, 1.54) is 25.3 Å². The number of primary amides is 1. The Kier molecular flexibility index (Phi) is 11.9. The number of amides is 4. The number of para-hydroxylation sites is 1. The number of halogens is 3. The van der Waals surface area contributed by atoms with E-state index >= 15 is 8.78 Å². The molecule has 5 aromatic rings. The minimum Gasteiger partial charge on any atom is -0.494 e. The predicted octanol–water partition coefficient (Wildman–Crippen LogP) is 6.66. The van der Waals surface area contributed by atoms with Gasteiger partial charge in [-0.25, -0.2) is 8.78 Å². The minimum atomic E-state index is -1.09. The summed E-state index contributed by atoms with van der Waals surface area (Å²) in [6, 6.07) is 19.1. The van der Waals surface area contributed by atoms with Crippen LogP contribution >= 0.6 is 11.6 Å². The molecule has 3 aliphatic heterocycles. The zero-order valence-electron chi connectivity index (χ0n) is 34.7. The van der Waals surface area contributed by atoms with Crippen LogP contribution in [-0.2, 0) is 27.0 Å². The Hall–Kier alpha value is -6.06. The fourth-order valence-electron chi connectivity index (χ4n) is 9.35. The highest BCUT2D eigenvalue weighted by Crippen LogP contribution is 2.56. The van der Waals surface area contributed by atoms with Crippen molar-refractivity contribution in [3.63, 3.8) is 0 Å². The van der Waals surface area contributed by atoms with Crippen molar-refractivity contribution >= 4 is 51.8 Å². The van der Waals surface area contributed by atoms with Crippen molar-refractivity contribution in [2.45, 2.75) is 68.9 Å². The Labute approximate surface area is 362 Å². The Morgan fingerprint density at radius 2 is 1.81 bits per heavy atom. The second kappa shape index (κ2) is 17.4. The predicted molar refractivity (Wildman–Crippen MR) is 230 cm³/mol. The monoisotopic (exact) mass is 867 g/mol. The summed E-state index contributed by atoms with van der Waals surface area (Å²) in [4.78, 5) is 52.3. The van der Waals surface area contributed by atoms with Gasteiger partial charge >= 0.3 is 0 Å². The summed E-state index contributed by atoms with van der Waals surface area (Å²) < 4.78 is 45.6. The maximum Gasteiger partial charge on any atom is 0.249 e. The van der Waals surface area contributed by atoms with Gasteiger partial charge < -0.3 is 30.7 Å². The van der Waals surface area contributed by atoms with Gasteiger partial charge in [0.25, 0.3) is 0 Å². The number of nitrogens with one attached hydrogen (secondary N) is 3.